The van der Waals surface area contributed by atoms with Gasteiger partial charge in [0.05, 0.1) is 10.7 Å². The van der Waals surface area contributed by atoms with E-state index in [1.807, 2.05) is 4.90 Å². The summed E-state index contributed by atoms with van der Waals surface area (Å²) in [5.74, 6) is -1.65. The summed E-state index contributed by atoms with van der Waals surface area (Å²) in [6, 6.07) is 7.48. The van der Waals surface area contributed by atoms with Crippen LogP contribution in [0.15, 0.2) is 52.7 Å². The molecule has 2 aliphatic rings. The highest BCUT2D eigenvalue weighted by Gasteiger charge is 2.43. The van der Waals surface area contributed by atoms with Gasteiger partial charge in [0.1, 0.15) is 17.3 Å². The van der Waals surface area contributed by atoms with Crippen molar-refractivity contribution in [3.8, 4) is 0 Å². The fraction of sp³-hybridized carbons (Fsp3) is 0.273. The van der Waals surface area contributed by atoms with Crippen LogP contribution in [-0.2, 0) is 4.79 Å². The molecule has 6 nitrogen and oxygen atoms in total. The van der Waals surface area contributed by atoms with Gasteiger partial charge >= 0.3 is 12.1 Å². The lowest BCUT2D eigenvalue weighted by Gasteiger charge is -2.36. The van der Waals surface area contributed by atoms with Gasteiger partial charge in [-0.1, -0.05) is 11.6 Å². The third-order valence-corrected chi connectivity index (χ3v) is 5.58. The third-order valence-electron chi connectivity index (χ3n) is 5.28. The highest BCUT2D eigenvalue weighted by Crippen LogP contribution is 2.34. The number of halogens is 5. The number of aromatic nitrogens is 1. The zero-order valence-corrected chi connectivity index (χ0v) is 17.9. The Bertz CT molecular complexity index is 1140. The third kappa shape index (κ3) is 5.05. The van der Waals surface area contributed by atoms with Crippen molar-refractivity contribution in [3.05, 3.63) is 64.7 Å². The predicted octanol–water partition coefficient (Wildman–Crippen LogP) is 4.28. The van der Waals surface area contributed by atoms with E-state index >= 15 is 0 Å². The molecule has 3 heterocycles. The number of nitrogens with zero attached hydrogens (tertiary/aromatic N) is 5. The zero-order valence-electron chi connectivity index (χ0n) is 17.2. The molecule has 0 radical (unpaired) electrons. The standard InChI is InChI=1S/C22H18ClF4N5O/c23-17-13-28-7-5-16(17)20-19(14-1-3-15(24)4-2-14)29-8-6-18(30-20)31-9-11-32(12-10-31)21(33)22(25,26)27/h1-5,7-8,13H,6,9-12H2. The van der Waals surface area contributed by atoms with Gasteiger partial charge < -0.3 is 9.80 Å². The fourth-order valence-electron chi connectivity index (χ4n) is 3.63. The molecule has 33 heavy (non-hydrogen) atoms. The number of amides is 1. The lowest BCUT2D eigenvalue weighted by atomic mass is 10.1. The van der Waals surface area contributed by atoms with Gasteiger partial charge in [-0.2, -0.15) is 13.2 Å². The molecule has 0 spiro atoms. The van der Waals surface area contributed by atoms with E-state index in [1.165, 1.54) is 18.3 Å². The van der Waals surface area contributed by atoms with E-state index in [1.54, 1.807) is 30.6 Å². The molecule has 1 aromatic carbocycles. The number of hydrogen-bond donors (Lipinski definition) is 0. The van der Waals surface area contributed by atoms with Crippen molar-refractivity contribution in [1.82, 2.24) is 14.8 Å². The molecule has 11 heteroatoms. The van der Waals surface area contributed by atoms with E-state index in [-0.39, 0.29) is 26.2 Å². The van der Waals surface area contributed by atoms with E-state index in [4.69, 9.17) is 16.6 Å². The summed E-state index contributed by atoms with van der Waals surface area (Å²) in [5.41, 5.74) is 2.10. The molecule has 0 unspecified atom stereocenters. The summed E-state index contributed by atoms with van der Waals surface area (Å²) >= 11 is 6.38. The number of amidine groups is 1. The molecule has 1 fully saturated rings. The van der Waals surface area contributed by atoms with Crippen LogP contribution < -0.4 is 0 Å². The van der Waals surface area contributed by atoms with Crippen LogP contribution >= 0.6 is 11.6 Å². The summed E-state index contributed by atoms with van der Waals surface area (Å²) in [6.07, 6.45) is 0.100. The van der Waals surface area contributed by atoms with Gasteiger partial charge in [-0.3, -0.25) is 14.8 Å². The number of rotatable bonds is 2. The highest BCUT2D eigenvalue weighted by molar-refractivity contribution is 6.32. The molecule has 172 valence electrons. The molecular formula is C22H18ClF4N5O. The molecule has 2 aliphatic heterocycles. The zero-order chi connectivity index (χ0) is 23.6. The molecule has 0 aliphatic carbocycles. The summed E-state index contributed by atoms with van der Waals surface area (Å²) in [4.78, 5) is 27.5. The maximum atomic E-state index is 13.5. The predicted molar refractivity (Wildman–Crippen MR) is 117 cm³/mol. The van der Waals surface area contributed by atoms with Crippen LogP contribution in [0.25, 0.3) is 11.4 Å². The first kappa shape index (κ1) is 22.9. The van der Waals surface area contributed by atoms with Crippen LogP contribution in [0.5, 0.6) is 0 Å². The van der Waals surface area contributed by atoms with E-state index in [0.717, 1.165) is 4.90 Å². The molecule has 4 rings (SSSR count). The number of pyridine rings is 1. The molecule has 0 bridgehead atoms. The minimum atomic E-state index is -4.90. The topological polar surface area (TPSA) is 61.2 Å². The largest absolute Gasteiger partial charge is 0.471 e. The summed E-state index contributed by atoms with van der Waals surface area (Å²) in [7, 11) is 0. The van der Waals surface area contributed by atoms with Crippen molar-refractivity contribution in [1.29, 1.82) is 0 Å². The lowest BCUT2D eigenvalue weighted by Crippen LogP contribution is -2.53. The Morgan fingerprint density at radius 1 is 1.00 bits per heavy atom. The Morgan fingerprint density at radius 2 is 1.70 bits per heavy atom. The van der Waals surface area contributed by atoms with Crippen LogP contribution in [0.4, 0.5) is 17.6 Å². The quantitative estimate of drug-likeness (QED) is 0.604. The minimum absolute atomic E-state index is 0.0750. The average molecular weight is 480 g/mol. The number of carbonyl (C=O) groups is 1. The first-order valence-electron chi connectivity index (χ1n) is 10.1. The first-order valence-corrected chi connectivity index (χ1v) is 10.4. The van der Waals surface area contributed by atoms with Crippen LogP contribution in [-0.4, -0.2) is 65.1 Å². The fourth-order valence-corrected chi connectivity index (χ4v) is 3.84. The van der Waals surface area contributed by atoms with E-state index in [2.05, 4.69) is 9.98 Å². The van der Waals surface area contributed by atoms with Crippen molar-refractivity contribution in [2.45, 2.75) is 12.6 Å². The SMILES string of the molecule is O=C(N1CCN(C2=NC(c3ccncc3Cl)=C(c3ccc(F)cc3)N=CC2)CC1)C(F)(F)F. The molecule has 1 saturated heterocycles. The normalized spacial score (nSPS) is 17.2. The van der Waals surface area contributed by atoms with Crippen LogP contribution in [0.1, 0.15) is 17.5 Å². The molecule has 0 atom stereocenters. The van der Waals surface area contributed by atoms with Crippen molar-refractivity contribution in [3.63, 3.8) is 0 Å². The van der Waals surface area contributed by atoms with Crippen LogP contribution in [0, 0.1) is 5.82 Å². The molecule has 2 aromatic rings. The molecule has 0 saturated carbocycles. The first-order chi connectivity index (χ1) is 15.7. The highest BCUT2D eigenvalue weighted by atomic mass is 35.5. The van der Waals surface area contributed by atoms with Gasteiger partial charge in [0.25, 0.3) is 0 Å². The van der Waals surface area contributed by atoms with Gasteiger partial charge in [-0.15, -0.1) is 0 Å². The van der Waals surface area contributed by atoms with Gasteiger partial charge in [0.15, 0.2) is 0 Å². The Morgan fingerprint density at radius 3 is 2.33 bits per heavy atom. The molecular weight excluding hydrogens is 462 g/mol. The number of hydrogen-bond acceptors (Lipinski definition) is 5. The Kier molecular flexibility index (Phi) is 6.46. The Balaban J connectivity index is 1.69. The summed E-state index contributed by atoms with van der Waals surface area (Å²) < 4.78 is 51.7. The van der Waals surface area contributed by atoms with Gasteiger partial charge in [0.2, 0.25) is 0 Å². The van der Waals surface area contributed by atoms with E-state index < -0.39 is 17.9 Å². The minimum Gasteiger partial charge on any atom is -0.356 e. The molecule has 1 amide bonds. The maximum absolute atomic E-state index is 13.5. The number of piperazine rings is 1. The summed E-state index contributed by atoms with van der Waals surface area (Å²) in [5, 5.41) is 0.341. The van der Waals surface area contributed by atoms with Crippen molar-refractivity contribution in [2.24, 2.45) is 9.98 Å². The second-order valence-electron chi connectivity index (χ2n) is 7.38. The van der Waals surface area contributed by atoms with Crippen LogP contribution in [0.2, 0.25) is 5.02 Å². The number of benzene rings is 1. The number of carbonyl (C=O) groups excluding carboxylic acids is 1. The smallest absolute Gasteiger partial charge is 0.356 e. The average Bonchev–Trinajstić information content (AvgIpc) is 3.02. The monoisotopic (exact) mass is 479 g/mol. The second-order valence-corrected chi connectivity index (χ2v) is 7.79. The maximum Gasteiger partial charge on any atom is 0.471 e. The van der Waals surface area contributed by atoms with Gasteiger partial charge in [-0.05, 0) is 30.3 Å². The van der Waals surface area contributed by atoms with E-state index in [0.29, 0.717) is 39.8 Å². The summed E-state index contributed by atoms with van der Waals surface area (Å²) in [6.45, 7) is 0.234. The van der Waals surface area contributed by atoms with E-state index in [9.17, 15) is 22.4 Å². The number of aliphatic imine (C=N–C) groups is 2. The molecule has 1 aromatic heterocycles. The van der Waals surface area contributed by atoms with Gasteiger partial charge in [-0.25, -0.2) is 9.38 Å². The second kappa shape index (κ2) is 9.30. The van der Waals surface area contributed by atoms with Crippen molar-refractivity contribution in [2.75, 3.05) is 26.2 Å². The lowest BCUT2D eigenvalue weighted by molar-refractivity contribution is -0.186. The Hall–Kier alpha value is -3.27. The Labute approximate surface area is 191 Å². The van der Waals surface area contributed by atoms with Gasteiger partial charge in [0, 0.05) is 62.3 Å². The van der Waals surface area contributed by atoms with Crippen molar-refractivity contribution >= 4 is 41.0 Å². The number of alkyl halides is 3. The van der Waals surface area contributed by atoms with Crippen molar-refractivity contribution < 1.29 is 22.4 Å². The molecule has 0 N–H and O–H groups in total. The van der Waals surface area contributed by atoms with Crippen LogP contribution in [0.3, 0.4) is 0 Å².